The monoisotopic (exact) mass is 405 g/mol. The highest BCUT2D eigenvalue weighted by Crippen LogP contribution is 2.23. The van der Waals surface area contributed by atoms with Gasteiger partial charge in [0.15, 0.2) is 0 Å². The maximum absolute atomic E-state index is 14.5. The summed E-state index contributed by atoms with van der Waals surface area (Å²) in [5.41, 5.74) is 3.90. The van der Waals surface area contributed by atoms with Gasteiger partial charge in [-0.05, 0) is 49.4 Å². The Kier molecular flexibility index (Phi) is 6.26. The van der Waals surface area contributed by atoms with Gasteiger partial charge in [0, 0.05) is 36.3 Å². The number of rotatable bonds is 6. The van der Waals surface area contributed by atoms with E-state index < -0.39 is 0 Å². The van der Waals surface area contributed by atoms with Crippen LogP contribution in [0, 0.1) is 19.7 Å². The summed E-state index contributed by atoms with van der Waals surface area (Å²) in [7, 11) is 0. The summed E-state index contributed by atoms with van der Waals surface area (Å²) in [4.78, 5) is 2.29. The van der Waals surface area contributed by atoms with Crippen LogP contribution >= 0.6 is 15.9 Å². The lowest BCUT2D eigenvalue weighted by Crippen LogP contribution is -2.32. The Labute approximate surface area is 158 Å². The van der Waals surface area contributed by atoms with Crippen molar-refractivity contribution in [2.75, 3.05) is 13.2 Å². The molecule has 3 rings (SSSR count). The first-order valence-corrected chi connectivity index (χ1v) is 9.65. The molecule has 0 aliphatic carbocycles. The van der Waals surface area contributed by atoms with Crippen LogP contribution < -0.4 is 0 Å². The molecule has 0 N–H and O–H groups in total. The van der Waals surface area contributed by atoms with Crippen molar-refractivity contribution in [1.29, 1.82) is 0 Å². The maximum atomic E-state index is 14.5. The van der Waals surface area contributed by atoms with Gasteiger partial charge < -0.3 is 4.74 Å². The van der Waals surface area contributed by atoms with Crippen LogP contribution in [0.3, 0.4) is 0 Å². The van der Waals surface area contributed by atoms with Crippen molar-refractivity contribution in [2.24, 2.45) is 0 Å². The molecule has 2 nitrogen and oxygen atoms in total. The lowest BCUT2D eigenvalue weighted by Gasteiger charge is -2.26. The molecule has 0 bridgehead atoms. The number of hydrogen-bond donors (Lipinski definition) is 0. The van der Waals surface area contributed by atoms with Gasteiger partial charge in [-0.3, -0.25) is 4.90 Å². The molecule has 0 saturated carbocycles. The average molecular weight is 406 g/mol. The van der Waals surface area contributed by atoms with Gasteiger partial charge in [-0.1, -0.05) is 46.3 Å². The molecular formula is C21H25BrFNO. The molecule has 2 aromatic carbocycles. The summed E-state index contributed by atoms with van der Waals surface area (Å²) in [5.74, 6) is -0.0946. The minimum atomic E-state index is -0.0946. The van der Waals surface area contributed by atoms with E-state index in [1.54, 1.807) is 0 Å². The van der Waals surface area contributed by atoms with Crippen molar-refractivity contribution >= 4 is 15.9 Å². The van der Waals surface area contributed by atoms with E-state index in [-0.39, 0.29) is 11.9 Å². The highest BCUT2D eigenvalue weighted by Gasteiger charge is 2.21. The van der Waals surface area contributed by atoms with Gasteiger partial charge in [-0.2, -0.15) is 0 Å². The van der Waals surface area contributed by atoms with Gasteiger partial charge in [0.1, 0.15) is 5.82 Å². The van der Waals surface area contributed by atoms with Crippen LogP contribution in [0.25, 0.3) is 0 Å². The third-order valence-corrected chi connectivity index (χ3v) is 5.49. The molecule has 0 spiro atoms. The smallest absolute Gasteiger partial charge is 0.130 e. The van der Waals surface area contributed by atoms with Crippen LogP contribution in [-0.4, -0.2) is 24.2 Å². The largest absolute Gasteiger partial charge is 0.377 e. The van der Waals surface area contributed by atoms with E-state index in [4.69, 9.17) is 4.74 Å². The second kappa shape index (κ2) is 8.43. The maximum Gasteiger partial charge on any atom is 0.130 e. The predicted molar refractivity (Wildman–Crippen MR) is 103 cm³/mol. The zero-order valence-electron chi connectivity index (χ0n) is 14.9. The standard InChI is InChI=1S/C21H25BrFNO/c1-15-8-9-17(20(22)11-15)12-24(14-19-7-4-10-25-19)13-18-6-3-5-16(2)21(18)23/h3,5-6,8-9,11,19H,4,7,10,12-14H2,1-2H3. The molecule has 1 aliphatic heterocycles. The molecule has 1 fully saturated rings. The number of benzene rings is 2. The Morgan fingerprint density at radius 1 is 1.16 bits per heavy atom. The normalized spacial score (nSPS) is 17.4. The predicted octanol–water partition coefficient (Wildman–Crippen LogP) is 5.39. The molecule has 1 unspecified atom stereocenters. The zero-order valence-corrected chi connectivity index (χ0v) is 16.5. The molecule has 25 heavy (non-hydrogen) atoms. The quantitative estimate of drug-likeness (QED) is 0.638. The van der Waals surface area contributed by atoms with Gasteiger partial charge in [0.05, 0.1) is 6.10 Å². The summed E-state index contributed by atoms with van der Waals surface area (Å²) in [6.45, 7) is 6.93. The minimum absolute atomic E-state index is 0.0946. The molecule has 134 valence electrons. The van der Waals surface area contributed by atoms with Crippen LogP contribution in [0.4, 0.5) is 4.39 Å². The molecule has 1 heterocycles. The van der Waals surface area contributed by atoms with Gasteiger partial charge in [-0.15, -0.1) is 0 Å². The van der Waals surface area contributed by atoms with Crippen LogP contribution in [0.2, 0.25) is 0 Å². The lowest BCUT2D eigenvalue weighted by molar-refractivity contribution is 0.0674. The van der Waals surface area contributed by atoms with Crippen molar-refractivity contribution in [3.63, 3.8) is 0 Å². The third-order valence-electron chi connectivity index (χ3n) is 4.75. The highest BCUT2D eigenvalue weighted by molar-refractivity contribution is 9.10. The Hall–Kier alpha value is -1.23. The summed E-state index contributed by atoms with van der Waals surface area (Å²) < 4.78 is 21.4. The first-order chi connectivity index (χ1) is 12.0. The molecule has 2 aromatic rings. The summed E-state index contributed by atoms with van der Waals surface area (Å²) in [5, 5.41) is 0. The van der Waals surface area contributed by atoms with Crippen molar-refractivity contribution in [2.45, 2.75) is 45.9 Å². The van der Waals surface area contributed by atoms with Crippen molar-refractivity contribution in [3.8, 4) is 0 Å². The molecule has 0 amide bonds. The van der Waals surface area contributed by atoms with E-state index in [1.807, 2.05) is 25.1 Å². The van der Waals surface area contributed by atoms with E-state index in [9.17, 15) is 4.39 Å². The van der Waals surface area contributed by atoms with E-state index in [2.05, 4.69) is 46.0 Å². The Balaban J connectivity index is 1.79. The summed E-state index contributed by atoms with van der Waals surface area (Å²) in [6.07, 6.45) is 2.45. The first-order valence-electron chi connectivity index (χ1n) is 8.86. The highest BCUT2D eigenvalue weighted by atomic mass is 79.9. The fourth-order valence-electron chi connectivity index (χ4n) is 3.35. The van der Waals surface area contributed by atoms with Crippen molar-refractivity contribution in [1.82, 2.24) is 4.90 Å². The van der Waals surface area contributed by atoms with Gasteiger partial charge in [0.2, 0.25) is 0 Å². The minimum Gasteiger partial charge on any atom is -0.377 e. The van der Waals surface area contributed by atoms with Gasteiger partial charge in [0.25, 0.3) is 0 Å². The lowest BCUT2D eigenvalue weighted by atomic mass is 10.1. The Bertz CT molecular complexity index is 728. The third kappa shape index (κ3) is 4.90. The SMILES string of the molecule is Cc1ccc(CN(Cc2cccc(C)c2F)CC2CCCO2)c(Br)c1. The number of hydrogen-bond acceptors (Lipinski definition) is 2. The average Bonchev–Trinajstić information content (AvgIpc) is 3.07. The number of aryl methyl sites for hydroxylation is 2. The fourth-order valence-corrected chi connectivity index (χ4v) is 3.97. The number of nitrogens with zero attached hydrogens (tertiary/aromatic N) is 1. The van der Waals surface area contributed by atoms with E-state index in [0.717, 1.165) is 42.6 Å². The number of halogens is 2. The Morgan fingerprint density at radius 2 is 1.96 bits per heavy atom. The second-order valence-corrected chi connectivity index (χ2v) is 7.80. The van der Waals surface area contributed by atoms with Crippen LogP contribution in [0.15, 0.2) is 40.9 Å². The van der Waals surface area contributed by atoms with Crippen LogP contribution in [0.5, 0.6) is 0 Å². The van der Waals surface area contributed by atoms with Gasteiger partial charge in [-0.25, -0.2) is 4.39 Å². The number of ether oxygens (including phenoxy) is 1. The first kappa shape index (κ1) is 18.6. The molecule has 1 saturated heterocycles. The molecule has 1 aliphatic rings. The molecule has 1 atom stereocenters. The zero-order chi connectivity index (χ0) is 17.8. The molecule has 0 aromatic heterocycles. The fraction of sp³-hybridized carbons (Fsp3) is 0.429. The van der Waals surface area contributed by atoms with Crippen molar-refractivity contribution in [3.05, 3.63) is 68.9 Å². The van der Waals surface area contributed by atoms with Crippen LogP contribution in [0.1, 0.15) is 35.1 Å². The van der Waals surface area contributed by atoms with E-state index in [0.29, 0.717) is 12.1 Å². The second-order valence-electron chi connectivity index (χ2n) is 6.95. The van der Waals surface area contributed by atoms with Crippen molar-refractivity contribution < 1.29 is 9.13 Å². The van der Waals surface area contributed by atoms with E-state index >= 15 is 0 Å². The Morgan fingerprint density at radius 3 is 2.68 bits per heavy atom. The molecule has 4 heteroatoms. The molecule has 0 radical (unpaired) electrons. The summed E-state index contributed by atoms with van der Waals surface area (Å²) in [6, 6.07) is 12.0. The topological polar surface area (TPSA) is 12.5 Å². The van der Waals surface area contributed by atoms with Gasteiger partial charge >= 0.3 is 0 Å². The summed E-state index contributed by atoms with van der Waals surface area (Å²) >= 11 is 3.67. The van der Waals surface area contributed by atoms with Crippen LogP contribution in [-0.2, 0) is 17.8 Å². The van der Waals surface area contributed by atoms with E-state index in [1.165, 1.54) is 11.1 Å². The molecular weight excluding hydrogens is 381 g/mol.